The van der Waals surface area contributed by atoms with Crippen molar-refractivity contribution in [1.29, 1.82) is 0 Å². The van der Waals surface area contributed by atoms with Crippen molar-refractivity contribution in [3.63, 3.8) is 0 Å². The average molecular weight is 335 g/mol. The molecule has 2 aliphatic heterocycles. The summed E-state index contributed by atoms with van der Waals surface area (Å²) in [5, 5.41) is 8.53. The second kappa shape index (κ2) is 7.18. The molecule has 2 heterocycles. The molecule has 2 fully saturated rings. The minimum atomic E-state index is -0.347. The van der Waals surface area contributed by atoms with E-state index < -0.39 is 0 Å². The van der Waals surface area contributed by atoms with Gasteiger partial charge in [-0.3, -0.25) is 14.9 Å². The number of amides is 2. The number of nitrogens with zero attached hydrogens (tertiary/aromatic N) is 1. The van der Waals surface area contributed by atoms with E-state index in [0.717, 1.165) is 55.6 Å². The van der Waals surface area contributed by atoms with Crippen LogP contribution in [0.4, 0.5) is 4.79 Å². The highest BCUT2D eigenvalue weighted by atomic mass is 32.2. The Labute approximate surface area is 139 Å². The second-order valence-electron chi connectivity index (χ2n) is 5.92. The van der Waals surface area contributed by atoms with Gasteiger partial charge in [-0.1, -0.05) is 0 Å². The van der Waals surface area contributed by atoms with Gasteiger partial charge in [-0.05, 0) is 62.1 Å². The molecule has 0 bridgehead atoms. The number of nitrogens with one attached hydrogen (secondary N) is 3. The van der Waals surface area contributed by atoms with E-state index in [1.165, 1.54) is 0 Å². The zero-order chi connectivity index (χ0) is 16.2. The van der Waals surface area contributed by atoms with Crippen LogP contribution in [0.1, 0.15) is 25.7 Å². The number of thioether (sulfide) groups is 1. The van der Waals surface area contributed by atoms with Crippen molar-refractivity contribution in [1.82, 2.24) is 16.0 Å². The van der Waals surface area contributed by atoms with Crippen LogP contribution in [-0.2, 0) is 4.79 Å². The van der Waals surface area contributed by atoms with Crippen molar-refractivity contribution >= 4 is 28.9 Å². The van der Waals surface area contributed by atoms with Crippen molar-refractivity contribution < 1.29 is 9.59 Å². The van der Waals surface area contributed by atoms with E-state index in [1.807, 2.05) is 6.08 Å². The Morgan fingerprint density at radius 2 is 2.09 bits per heavy atom. The van der Waals surface area contributed by atoms with Gasteiger partial charge < -0.3 is 16.4 Å². The van der Waals surface area contributed by atoms with Crippen LogP contribution >= 0.6 is 11.8 Å². The molecule has 0 radical (unpaired) electrons. The zero-order valence-corrected chi connectivity index (χ0v) is 13.6. The lowest BCUT2D eigenvalue weighted by atomic mass is 9.86. The van der Waals surface area contributed by atoms with Gasteiger partial charge in [-0.25, -0.2) is 4.99 Å². The SMILES string of the molecule is NCC1CCC(NC2=NCC=C(/C=C3\SC(=O)NC3=O)N2)CC1. The Balaban J connectivity index is 1.54. The summed E-state index contributed by atoms with van der Waals surface area (Å²) < 4.78 is 0. The number of nitrogens with two attached hydrogens (primary N) is 1. The van der Waals surface area contributed by atoms with Gasteiger partial charge in [-0.15, -0.1) is 0 Å². The zero-order valence-electron chi connectivity index (χ0n) is 12.8. The lowest BCUT2D eigenvalue weighted by molar-refractivity contribution is -0.115. The average Bonchev–Trinajstić information content (AvgIpc) is 2.86. The number of allylic oxidation sites excluding steroid dienone is 1. The summed E-state index contributed by atoms with van der Waals surface area (Å²) in [5.41, 5.74) is 6.50. The molecule has 0 spiro atoms. The molecular formula is C15H21N5O2S. The van der Waals surface area contributed by atoms with E-state index in [0.29, 0.717) is 23.4 Å². The molecule has 0 unspecified atom stereocenters. The molecular weight excluding hydrogens is 314 g/mol. The van der Waals surface area contributed by atoms with Crippen LogP contribution in [0.5, 0.6) is 0 Å². The predicted molar refractivity (Wildman–Crippen MR) is 90.7 cm³/mol. The van der Waals surface area contributed by atoms with E-state index in [4.69, 9.17) is 5.73 Å². The van der Waals surface area contributed by atoms with Crippen LogP contribution in [0.25, 0.3) is 0 Å². The third-order valence-electron chi connectivity index (χ3n) is 4.27. The first-order chi connectivity index (χ1) is 11.1. The molecule has 3 aliphatic rings. The summed E-state index contributed by atoms with van der Waals surface area (Å²) >= 11 is 0.915. The van der Waals surface area contributed by atoms with Gasteiger partial charge in [-0.2, -0.15) is 0 Å². The Morgan fingerprint density at radius 1 is 1.30 bits per heavy atom. The third-order valence-corrected chi connectivity index (χ3v) is 5.08. The van der Waals surface area contributed by atoms with E-state index in [9.17, 15) is 9.59 Å². The van der Waals surface area contributed by atoms with Gasteiger partial charge >= 0.3 is 0 Å². The number of guanidine groups is 1. The molecule has 124 valence electrons. The van der Waals surface area contributed by atoms with Crippen LogP contribution in [-0.4, -0.2) is 36.2 Å². The number of hydrogen-bond acceptors (Lipinski definition) is 7. The molecule has 5 N–H and O–H groups in total. The van der Waals surface area contributed by atoms with Crippen molar-refractivity contribution in [3.05, 3.63) is 22.8 Å². The van der Waals surface area contributed by atoms with Gasteiger partial charge in [0, 0.05) is 11.7 Å². The van der Waals surface area contributed by atoms with E-state index in [-0.39, 0.29) is 11.1 Å². The van der Waals surface area contributed by atoms with Gasteiger partial charge in [0.1, 0.15) is 0 Å². The highest BCUT2D eigenvalue weighted by molar-refractivity contribution is 8.18. The fourth-order valence-electron chi connectivity index (χ4n) is 2.94. The highest BCUT2D eigenvalue weighted by Gasteiger charge is 2.26. The first-order valence-corrected chi connectivity index (χ1v) is 8.69. The first-order valence-electron chi connectivity index (χ1n) is 7.87. The molecule has 2 amide bonds. The number of hydrogen-bond donors (Lipinski definition) is 4. The normalized spacial score (nSPS) is 29.7. The summed E-state index contributed by atoms with van der Waals surface area (Å²) in [7, 11) is 0. The molecule has 0 atom stereocenters. The standard InChI is InChI=1S/C15H21N5O2S/c16-8-9-1-3-10(4-2-9)18-14-17-6-5-11(19-14)7-12-13(21)20-15(22)23-12/h5,7,9-10H,1-4,6,8,16H2,(H2,17,18,19)(H,20,21,22)/b12-7-. The summed E-state index contributed by atoms with van der Waals surface area (Å²) in [5.74, 6) is 1.02. The number of rotatable bonds is 3. The van der Waals surface area contributed by atoms with Crippen molar-refractivity contribution in [3.8, 4) is 0 Å². The van der Waals surface area contributed by atoms with Crippen LogP contribution in [0.15, 0.2) is 27.7 Å². The number of carbonyl (C=O) groups excluding carboxylic acids is 2. The maximum Gasteiger partial charge on any atom is 0.290 e. The van der Waals surface area contributed by atoms with Crippen LogP contribution in [0, 0.1) is 5.92 Å². The molecule has 0 aromatic heterocycles. The van der Waals surface area contributed by atoms with Gasteiger partial charge in [0.05, 0.1) is 11.4 Å². The minimum absolute atomic E-state index is 0.332. The predicted octanol–water partition coefficient (Wildman–Crippen LogP) is 0.803. The fraction of sp³-hybridized carbons (Fsp3) is 0.533. The third kappa shape index (κ3) is 4.14. The van der Waals surface area contributed by atoms with Gasteiger partial charge in [0.25, 0.3) is 11.1 Å². The quantitative estimate of drug-likeness (QED) is 0.568. The minimum Gasteiger partial charge on any atom is -0.353 e. The number of carbonyl (C=O) groups is 2. The summed E-state index contributed by atoms with van der Waals surface area (Å²) in [6.45, 7) is 1.32. The van der Waals surface area contributed by atoms with E-state index in [2.05, 4.69) is 20.9 Å². The number of imide groups is 1. The van der Waals surface area contributed by atoms with Gasteiger partial charge in [0.2, 0.25) is 0 Å². The Bertz CT molecular complexity index is 591. The Morgan fingerprint density at radius 3 is 2.74 bits per heavy atom. The Hall–Kier alpha value is -1.80. The maximum absolute atomic E-state index is 11.6. The number of aliphatic imine (C=N–C) groups is 1. The largest absolute Gasteiger partial charge is 0.353 e. The topological polar surface area (TPSA) is 109 Å². The van der Waals surface area contributed by atoms with Crippen LogP contribution in [0.2, 0.25) is 0 Å². The Kier molecular flexibility index (Phi) is 5.02. The molecule has 23 heavy (non-hydrogen) atoms. The summed E-state index contributed by atoms with van der Waals surface area (Å²) in [6, 6.07) is 0.404. The molecule has 3 rings (SSSR count). The van der Waals surface area contributed by atoms with E-state index >= 15 is 0 Å². The molecule has 0 aromatic rings. The summed E-state index contributed by atoms with van der Waals surface area (Å²) in [4.78, 5) is 27.6. The lowest BCUT2D eigenvalue weighted by Crippen LogP contribution is -2.45. The van der Waals surface area contributed by atoms with Gasteiger partial charge in [0.15, 0.2) is 5.96 Å². The van der Waals surface area contributed by atoms with Crippen molar-refractivity contribution in [2.24, 2.45) is 16.6 Å². The smallest absolute Gasteiger partial charge is 0.290 e. The molecule has 7 nitrogen and oxygen atoms in total. The molecule has 1 aliphatic carbocycles. The highest BCUT2D eigenvalue weighted by Crippen LogP contribution is 2.25. The lowest BCUT2D eigenvalue weighted by Gasteiger charge is -2.30. The summed E-state index contributed by atoms with van der Waals surface area (Å²) in [6.07, 6.45) is 8.05. The van der Waals surface area contributed by atoms with Crippen LogP contribution in [0.3, 0.4) is 0 Å². The monoisotopic (exact) mass is 335 g/mol. The molecule has 1 saturated carbocycles. The van der Waals surface area contributed by atoms with Crippen molar-refractivity contribution in [2.75, 3.05) is 13.1 Å². The first kappa shape index (κ1) is 16.1. The molecule has 0 aromatic carbocycles. The molecule has 1 saturated heterocycles. The van der Waals surface area contributed by atoms with E-state index in [1.54, 1.807) is 6.08 Å². The second-order valence-corrected chi connectivity index (χ2v) is 6.94. The maximum atomic E-state index is 11.6. The fourth-order valence-corrected chi connectivity index (χ4v) is 3.61. The van der Waals surface area contributed by atoms with Crippen LogP contribution < -0.4 is 21.7 Å². The molecule has 8 heteroatoms. The van der Waals surface area contributed by atoms with Crippen molar-refractivity contribution in [2.45, 2.75) is 31.7 Å².